The lowest BCUT2D eigenvalue weighted by atomic mass is 10.4. The maximum Gasteiger partial charge on any atom is 0.171 e. The molecule has 0 N–H and O–H groups in total. The van der Waals surface area contributed by atoms with Gasteiger partial charge in [0.05, 0.1) is 18.4 Å². The second-order valence-electron chi connectivity index (χ2n) is 8.22. The topological polar surface area (TPSA) is 179 Å². The SMILES string of the molecule is Cc1nc(C)n(C)n1.Cc1nn(C)nc1C.Cc1nnc(C)n1C.Cc1nnn(C)n1.Cc1nnnn1C. The van der Waals surface area contributed by atoms with Crippen LogP contribution in [-0.4, -0.2) is 84.9 Å². The van der Waals surface area contributed by atoms with Gasteiger partial charge >= 0.3 is 0 Å². The van der Waals surface area contributed by atoms with Crippen LogP contribution in [0.25, 0.3) is 0 Å². The first-order valence-electron chi connectivity index (χ1n) is 11.6. The number of hydrogen-bond donors (Lipinski definition) is 0. The van der Waals surface area contributed by atoms with Crippen LogP contribution in [0.1, 0.15) is 46.3 Å². The molecule has 208 valence electrons. The summed E-state index contributed by atoms with van der Waals surface area (Å²) >= 11 is 0. The van der Waals surface area contributed by atoms with Crippen molar-refractivity contribution in [1.82, 2.24) is 84.9 Å². The predicted octanol–water partition coefficient (Wildman–Crippen LogP) is 0.333. The quantitative estimate of drug-likeness (QED) is 0.269. The van der Waals surface area contributed by atoms with E-state index in [2.05, 4.69) is 61.4 Å². The van der Waals surface area contributed by atoms with Crippen molar-refractivity contribution in [2.75, 3.05) is 0 Å². The van der Waals surface area contributed by atoms with Gasteiger partial charge in [-0.3, -0.25) is 4.68 Å². The number of rotatable bonds is 0. The van der Waals surface area contributed by atoms with E-state index >= 15 is 0 Å². The fourth-order valence-corrected chi connectivity index (χ4v) is 2.39. The highest BCUT2D eigenvalue weighted by atomic mass is 15.6. The van der Waals surface area contributed by atoms with E-state index in [0.717, 1.165) is 40.5 Å². The lowest BCUT2D eigenvalue weighted by molar-refractivity contribution is 0.629. The molecule has 0 unspecified atom stereocenters. The Morgan fingerprint density at radius 1 is 0.447 bits per heavy atom. The van der Waals surface area contributed by atoms with E-state index < -0.39 is 0 Å². The van der Waals surface area contributed by atoms with Gasteiger partial charge in [0, 0.05) is 28.2 Å². The van der Waals surface area contributed by atoms with Gasteiger partial charge in [0.1, 0.15) is 29.1 Å². The molecule has 5 aromatic rings. The first kappa shape index (κ1) is 31.6. The van der Waals surface area contributed by atoms with Gasteiger partial charge in [-0.15, -0.1) is 25.5 Å². The third-order valence-corrected chi connectivity index (χ3v) is 4.95. The first-order valence-corrected chi connectivity index (χ1v) is 11.6. The Morgan fingerprint density at radius 3 is 1.13 bits per heavy atom. The molecule has 17 nitrogen and oxygen atoms in total. The Kier molecular flexibility index (Phi) is 12.4. The highest BCUT2D eigenvalue weighted by Gasteiger charge is 1.96. The molecule has 0 spiro atoms. The van der Waals surface area contributed by atoms with Crippen LogP contribution in [0.4, 0.5) is 0 Å². The third kappa shape index (κ3) is 11.1. The van der Waals surface area contributed by atoms with Gasteiger partial charge in [-0.1, -0.05) is 0 Å². The van der Waals surface area contributed by atoms with Crippen LogP contribution in [0.15, 0.2) is 0 Å². The van der Waals surface area contributed by atoms with Gasteiger partial charge < -0.3 is 4.57 Å². The van der Waals surface area contributed by atoms with Crippen LogP contribution < -0.4 is 0 Å². The van der Waals surface area contributed by atoms with Gasteiger partial charge in [-0.2, -0.15) is 24.9 Å². The Bertz CT molecular complexity index is 1230. The van der Waals surface area contributed by atoms with Gasteiger partial charge in [0.15, 0.2) is 5.82 Å². The number of hydrogen-bond acceptors (Lipinski definition) is 12. The summed E-state index contributed by atoms with van der Waals surface area (Å²) in [6.07, 6.45) is 0. The molecular formula is C21H39N17. The van der Waals surface area contributed by atoms with Crippen LogP contribution >= 0.6 is 0 Å². The average molecular weight is 530 g/mol. The van der Waals surface area contributed by atoms with Crippen LogP contribution in [0.2, 0.25) is 0 Å². The second-order valence-corrected chi connectivity index (χ2v) is 8.22. The Labute approximate surface area is 222 Å². The molecule has 0 aromatic carbocycles. The zero-order valence-electron chi connectivity index (χ0n) is 24.6. The van der Waals surface area contributed by atoms with Crippen molar-refractivity contribution in [2.24, 2.45) is 35.2 Å². The van der Waals surface area contributed by atoms with Crippen molar-refractivity contribution in [3.05, 3.63) is 46.3 Å². The summed E-state index contributed by atoms with van der Waals surface area (Å²) in [6.45, 7) is 15.2. The van der Waals surface area contributed by atoms with E-state index in [1.54, 1.807) is 35.2 Å². The fourth-order valence-electron chi connectivity index (χ4n) is 2.39. The van der Waals surface area contributed by atoms with Gasteiger partial charge in [0.25, 0.3) is 0 Å². The maximum absolute atomic E-state index is 4.06. The van der Waals surface area contributed by atoms with Crippen molar-refractivity contribution >= 4 is 0 Å². The van der Waals surface area contributed by atoms with Crippen LogP contribution in [-0.2, 0) is 35.2 Å². The zero-order valence-corrected chi connectivity index (χ0v) is 24.6. The van der Waals surface area contributed by atoms with E-state index in [9.17, 15) is 0 Å². The van der Waals surface area contributed by atoms with E-state index in [4.69, 9.17) is 0 Å². The molecule has 5 aromatic heterocycles. The molecule has 0 radical (unpaired) electrons. The van der Waals surface area contributed by atoms with Gasteiger partial charge in [0.2, 0.25) is 0 Å². The first-order chi connectivity index (χ1) is 17.7. The Balaban J connectivity index is 0.000000238. The molecule has 5 heterocycles. The molecule has 0 atom stereocenters. The standard InChI is InChI=1S/3C5H9N3.2C3H6N4/c1-4-6-7-5(2)8(4)3;1-4-6-5(2)8(3)7-4;1-4-5(2)7-8(3)6-4;1-3-4-5-6-7(3)2;1-3-4-6-7(2)5-3/h3*1-3H3;2*1-2H3. The molecule has 0 aliphatic rings. The summed E-state index contributed by atoms with van der Waals surface area (Å²) < 4.78 is 5.31. The summed E-state index contributed by atoms with van der Waals surface area (Å²) in [5.41, 5.74) is 2.01. The molecule has 0 aliphatic carbocycles. The van der Waals surface area contributed by atoms with Crippen molar-refractivity contribution < 1.29 is 0 Å². The largest absolute Gasteiger partial charge is 0.319 e. The van der Waals surface area contributed by atoms with Crippen molar-refractivity contribution in [1.29, 1.82) is 0 Å². The molecule has 0 aliphatic heterocycles. The molecule has 0 saturated carbocycles. The average Bonchev–Trinajstić information content (AvgIpc) is 3.62. The predicted molar refractivity (Wildman–Crippen MR) is 139 cm³/mol. The summed E-state index contributed by atoms with van der Waals surface area (Å²) in [7, 11) is 9.19. The van der Waals surface area contributed by atoms with Crippen molar-refractivity contribution in [3.63, 3.8) is 0 Å². The van der Waals surface area contributed by atoms with E-state index in [-0.39, 0.29) is 0 Å². The van der Waals surface area contributed by atoms with Crippen molar-refractivity contribution in [3.8, 4) is 0 Å². The summed E-state index contributed by atoms with van der Waals surface area (Å²) in [5, 5.41) is 41.3. The van der Waals surface area contributed by atoms with Crippen molar-refractivity contribution in [2.45, 2.75) is 55.4 Å². The van der Waals surface area contributed by atoms with E-state index in [1.807, 2.05) is 74.2 Å². The maximum atomic E-state index is 4.06. The molecule has 0 saturated heterocycles. The minimum absolute atomic E-state index is 0.711. The second kappa shape index (κ2) is 15.0. The van der Waals surface area contributed by atoms with Crippen LogP contribution in [0, 0.1) is 55.4 Å². The number of aromatic nitrogens is 17. The fraction of sp³-hybridized carbons (Fsp3) is 0.619. The zero-order chi connectivity index (χ0) is 29.0. The molecular weight excluding hydrogens is 490 g/mol. The summed E-state index contributed by atoms with van der Waals surface area (Å²) in [6, 6.07) is 0. The lowest BCUT2D eigenvalue weighted by Crippen LogP contribution is -1.92. The monoisotopic (exact) mass is 529 g/mol. The number of nitrogens with zero attached hydrogens (tertiary/aromatic N) is 17. The summed E-state index contributed by atoms with van der Waals surface area (Å²) in [5.74, 6) is 5.26. The molecule has 0 bridgehead atoms. The minimum Gasteiger partial charge on any atom is -0.319 e. The van der Waals surface area contributed by atoms with Gasteiger partial charge in [-0.25, -0.2) is 9.67 Å². The highest BCUT2D eigenvalue weighted by Crippen LogP contribution is 1.94. The van der Waals surface area contributed by atoms with Gasteiger partial charge in [-0.05, 0) is 71.0 Å². The lowest BCUT2D eigenvalue weighted by Gasteiger charge is -1.90. The van der Waals surface area contributed by atoms with E-state index in [0.29, 0.717) is 5.82 Å². The number of aryl methyl sites for hydroxylation is 12. The normalized spacial score (nSPS) is 9.71. The minimum atomic E-state index is 0.711. The molecule has 5 rings (SSSR count). The molecule has 0 amide bonds. The third-order valence-electron chi connectivity index (χ3n) is 4.95. The molecule has 38 heavy (non-hydrogen) atoms. The van der Waals surface area contributed by atoms with Crippen LogP contribution in [0.3, 0.4) is 0 Å². The highest BCUT2D eigenvalue weighted by molar-refractivity contribution is 5.02. The summed E-state index contributed by atoms with van der Waals surface area (Å²) in [4.78, 5) is 7.06. The van der Waals surface area contributed by atoms with E-state index in [1.165, 1.54) is 4.80 Å². The Morgan fingerprint density at radius 2 is 1.00 bits per heavy atom. The molecule has 17 heteroatoms. The number of tetrazole rings is 2. The Hall–Kier alpha value is -4.44. The van der Waals surface area contributed by atoms with Crippen LogP contribution in [0.5, 0.6) is 0 Å². The molecule has 0 fully saturated rings. The smallest absolute Gasteiger partial charge is 0.171 e.